The van der Waals surface area contributed by atoms with Gasteiger partial charge in [0.1, 0.15) is 5.75 Å². The maximum absolute atomic E-state index is 12.5. The number of aliphatic hydroxyl groups is 1. The summed E-state index contributed by atoms with van der Waals surface area (Å²) in [5.74, 6) is 1.41. The zero-order chi connectivity index (χ0) is 23.9. The molecule has 10 heteroatoms. The number of ether oxygens (including phenoxy) is 1. The van der Waals surface area contributed by atoms with Crippen molar-refractivity contribution in [2.45, 2.75) is 32.2 Å². The number of β-amino-alcohol motifs (C(OH)–C–C–N with tert-alkyl or cyclic N) is 1. The molecule has 2 saturated heterocycles. The van der Waals surface area contributed by atoms with Crippen LogP contribution >= 0.6 is 0 Å². The van der Waals surface area contributed by atoms with Crippen LogP contribution in [0.25, 0.3) is 11.3 Å². The highest BCUT2D eigenvalue weighted by Gasteiger charge is 2.23. The summed E-state index contributed by atoms with van der Waals surface area (Å²) in [6.07, 6.45) is 5.56. The minimum absolute atomic E-state index is 0.0322. The van der Waals surface area contributed by atoms with Crippen LogP contribution in [-0.2, 0) is 4.79 Å². The molecule has 4 rings (SSSR count). The van der Waals surface area contributed by atoms with Crippen LogP contribution in [0.5, 0.6) is 5.75 Å². The molecule has 0 bridgehead atoms. The number of urea groups is 1. The molecule has 3 heterocycles. The average Bonchev–Trinajstić information content (AvgIpc) is 3.24. The summed E-state index contributed by atoms with van der Waals surface area (Å²) in [5.41, 5.74) is 2.47. The van der Waals surface area contributed by atoms with Gasteiger partial charge >= 0.3 is 6.03 Å². The van der Waals surface area contributed by atoms with Crippen LogP contribution < -0.4 is 20.7 Å². The molecule has 0 spiro atoms. The molecule has 2 aromatic rings. The van der Waals surface area contributed by atoms with Crippen LogP contribution in [0.3, 0.4) is 0 Å². The molecule has 2 fully saturated rings. The monoisotopic (exact) mass is 468 g/mol. The summed E-state index contributed by atoms with van der Waals surface area (Å²) in [5, 5.41) is 17.7. The van der Waals surface area contributed by atoms with Crippen molar-refractivity contribution >= 4 is 17.8 Å². The van der Waals surface area contributed by atoms with Crippen molar-refractivity contribution in [1.82, 2.24) is 25.5 Å². The van der Waals surface area contributed by atoms with Crippen molar-refractivity contribution in [1.29, 1.82) is 0 Å². The number of rotatable bonds is 8. The van der Waals surface area contributed by atoms with E-state index in [1.165, 1.54) is 6.20 Å². The van der Waals surface area contributed by atoms with E-state index in [-0.39, 0.29) is 30.5 Å². The number of nitrogens with one attached hydrogen (secondary N) is 3. The van der Waals surface area contributed by atoms with E-state index in [0.29, 0.717) is 37.6 Å². The highest BCUT2D eigenvalue weighted by Crippen LogP contribution is 2.26. The Hall–Kier alpha value is -3.24. The van der Waals surface area contributed by atoms with Gasteiger partial charge in [0, 0.05) is 43.6 Å². The standard InChI is InChI=1S/C24H32N6O4/c1-16-9-18(4-5-21(16)34-15-17-10-23(32)26-11-17)20-12-25-13-22(28-20)29-24(33)27-19-3-2-6-30(14-19)7-8-31/h4-5,9,12-13,17,19,31H,2-3,6-8,10-11,14-15H2,1H3,(H,26,32)(H2,27,28,29,33)/t17?,19-/m0/s1. The van der Waals surface area contributed by atoms with Crippen LogP contribution in [0.15, 0.2) is 30.6 Å². The number of hydrogen-bond donors (Lipinski definition) is 4. The van der Waals surface area contributed by atoms with E-state index in [1.54, 1.807) is 6.20 Å². The predicted molar refractivity (Wildman–Crippen MR) is 128 cm³/mol. The smallest absolute Gasteiger partial charge is 0.320 e. The number of aromatic nitrogens is 2. The van der Waals surface area contributed by atoms with Crippen LogP contribution in [0.4, 0.5) is 10.6 Å². The Morgan fingerprint density at radius 3 is 3.00 bits per heavy atom. The third kappa shape index (κ3) is 6.42. The van der Waals surface area contributed by atoms with Crippen LogP contribution in [-0.4, -0.2) is 77.3 Å². The van der Waals surface area contributed by atoms with Gasteiger partial charge in [0.15, 0.2) is 5.82 Å². The first-order valence-corrected chi connectivity index (χ1v) is 11.7. The number of nitrogens with zero attached hydrogens (tertiary/aromatic N) is 3. The zero-order valence-corrected chi connectivity index (χ0v) is 19.4. The van der Waals surface area contributed by atoms with E-state index in [0.717, 1.165) is 42.8 Å². The lowest BCUT2D eigenvalue weighted by Gasteiger charge is -2.32. The molecule has 34 heavy (non-hydrogen) atoms. The highest BCUT2D eigenvalue weighted by molar-refractivity contribution is 5.88. The Labute approximate surface area is 199 Å². The molecular formula is C24H32N6O4. The number of piperidine rings is 1. The molecule has 0 saturated carbocycles. The van der Waals surface area contributed by atoms with Gasteiger partial charge in [0.05, 0.1) is 31.3 Å². The Morgan fingerprint density at radius 2 is 2.24 bits per heavy atom. The number of aliphatic hydroxyl groups excluding tert-OH is 1. The molecule has 2 atom stereocenters. The van der Waals surface area contributed by atoms with E-state index < -0.39 is 0 Å². The number of benzene rings is 1. The third-order valence-electron chi connectivity index (χ3n) is 6.14. The van der Waals surface area contributed by atoms with Gasteiger partial charge in [-0.05, 0) is 50.1 Å². The van der Waals surface area contributed by atoms with Crippen LogP contribution in [0, 0.1) is 12.8 Å². The average molecular weight is 469 g/mol. The van der Waals surface area contributed by atoms with Gasteiger partial charge < -0.3 is 20.5 Å². The highest BCUT2D eigenvalue weighted by atomic mass is 16.5. The van der Waals surface area contributed by atoms with Crippen molar-refractivity contribution in [3.63, 3.8) is 0 Å². The first kappa shape index (κ1) is 23.9. The van der Waals surface area contributed by atoms with Crippen molar-refractivity contribution < 1.29 is 19.4 Å². The Kier molecular flexibility index (Phi) is 7.91. The van der Waals surface area contributed by atoms with Crippen molar-refractivity contribution in [2.24, 2.45) is 5.92 Å². The Balaban J connectivity index is 1.34. The molecule has 1 aromatic carbocycles. The maximum atomic E-state index is 12.5. The van der Waals surface area contributed by atoms with Crippen LogP contribution in [0.2, 0.25) is 0 Å². The lowest BCUT2D eigenvalue weighted by Crippen LogP contribution is -2.49. The van der Waals surface area contributed by atoms with Crippen molar-refractivity contribution in [3.05, 3.63) is 36.2 Å². The number of amides is 3. The fraction of sp³-hybridized carbons (Fsp3) is 0.500. The lowest BCUT2D eigenvalue weighted by molar-refractivity contribution is -0.119. The predicted octanol–water partition coefficient (Wildman–Crippen LogP) is 1.55. The van der Waals surface area contributed by atoms with Crippen molar-refractivity contribution in [2.75, 3.05) is 44.7 Å². The Bertz CT molecular complexity index is 1010. The summed E-state index contributed by atoms with van der Waals surface area (Å²) in [4.78, 5) is 34.8. The van der Waals surface area contributed by atoms with Gasteiger partial charge in [0.25, 0.3) is 0 Å². The maximum Gasteiger partial charge on any atom is 0.320 e. The Morgan fingerprint density at radius 1 is 1.35 bits per heavy atom. The van der Waals surface area contributed by atoms with Gasteiger partial charge in [-0.1, -0.05) is 0 Å². The summed E-state index contributed by atoms with van der Waals surface area (Å²) >= 11 is 0. The van der Waals surface area contributed by atoms with Gasteiger partial charge in [-0.3, -0.25) is 20.0 Å². The fourth-order valence-electron chi connectivity index (χ4n) is 4.38. The zero-order valence-electron chi connectivity index (χ0n) is 19.4. The largest absolute Gasteiger partial charge is 0.493 e. The topological polar surface area (TPSA) is 129 Å². The summed E-state index contributed by atoms with van der Waals surface area (Å²) in [6, 6.07) is 5.49. The van der Waals surface area contributed by atoms with E-state index >= 15 is 0 Å². The van der Waals surface area contributed by atoms with Crippen molar-refractivity contribution in [3.8, 4) is 17.0 Å². The van der Waals surface area contributed by atoms with Gasteiger partial charge in [-0.15, -0.1) is 0 Å². The van der Waals surface area contributed by atoms with Gasteiger partial charge in [-0.2, -0.15) is 0 Å². The normalized spacial score (nSPS) is 20.6. The number of carbonyl (C=O) groups is 2. The molecule has 182 valence electrons. The van der Waals surface area contributed by atoms with E-state index in [1.807, 2.05) is 25.1 Å². The molecule has 10 nitrogen and oxygen atoms in total. The lowest BCUT2D eigenvalue weighted by atomic mass is 10.1. The summed E-state index contributed by atoms with van der Waals surface area (Å²) in [7, 11) is 0. The second-order valence-electron chi connectivity index (χ2n) is 8.92. The summed E-state index contributed by atoms with van der Waals surface area (Å²) in [6.45, 7) is 5.51. The first-order chi connectivity index (χ1) is 16.5. The second-order valence-corrected chi connectivity index (χ2v) is 8.92. The van der Waals surface area contributed by atoms with E-state index in [2.05, 4.69) is 30.8 Å². The van der Waals surface area contributed by atoms with Crippen LogP contribution in [0.1, 0.15) is 24.8 Å². The molecule has 4 N–H and O–H groups in total. The molecule has 0 radical (unpaired) electrons. The first-order valence-electron chi connectivity index (χ1n) is 11.7. The number of anilines is 1. The fourth-order valence-corrected chi connectivity index (χ4v) is 4.38. The number of aryl methyl sites for hydroxylation is 1. The SMILES string of the molecule is Cc1cc(-c2cncc(NC(=O)N[C@H]3CCCN(CCO)C3)n2)ccc1OCC1CNC(=O)C1. The molecule has 3 amide bonds. The number of likely N-dealkylation sites (tertiary alicyclic amines) is 1. The minimum Gasteiger partial charge on any atom is -0.493 e. The number of carbonyl (C=O) groups excluding carboxylic acids is 2. The number of hydrogen-bond acceptors (Lipinski definition) is 7. The molecule has 2 aliphatic rings. The molecule has 2 aliphatic heterocycles. The molecule has 1 unspecified atom stereocenters. The third-order valence-corrected chi connectivity index (χ3v) is 6.14. The van der Waals surface area contributed by atoms with Gasteiger partial charge in [0.2, 0.25) is 5.91 Å². The van der Waals surface area contributed by atoms with E-state index in [4.69, 9.17) is 9.84 Å². The molecule has 1 aromatic heterocycles. The van der Waals surface area contributed by atoms with Gasteiger partial charge in [-0.25, -0.2) is 9.78 Å². The second kappa shape index (κ2) is 11.3. The van der Waals surface area contributed by atoms with E-state index in [9.17, 15) is 9.59 Å². The summed E-state index contributed by atoms with van der Waals surface area (Å²) < 4.78 is 5.92. The molecule has 0 aliphatic carbocycles. The minimum atomic E-state index is -0.317. The quantitative estimate of drug-likeness (QED) is 0.463. The molecular weight excluding hydrogens is 436 g/mol.